The molecule has 1 rings (SSSR count). The van der Waals surface area contributed by atoms with Crippen LogP contribution in [0, 0.1) is 15.9 Å². The van der Waals surface area contributed by atoms with Crippen molar-refractivity contribution in [2.24, 2.45) is 4.36 Å². The molecule has 0 aliphatic heterocycles. The average molecular weight is 290 g/mol. The highest BCUT2D eigenvalue weighted by Crippen LogP contribution is 2.21. The highest BCUT2D eigenvalue weighted by Gasteiger charge is 2.18. The number of hydrogen-bond acceptors (Lipinski definition) is 5. The zero-order chi connectivity index (χ0) is 14.6. The summed E-state index contributed by atoms with van der Waals surface area (Å²) in [5.41, 5.74) is -0.479. The van der Waals surface area contributed by atoms with Gasteiger partial charge in [0.15, 0.2) is 0 Å². The lowest BCUT2D eigenvalue weighted by Crippen LogP contribution is -2.07. The number of non-ortho nitro benzene ring substituents is 1. The zero-order valence-electron chi connectivity index (χ0n) is 10.2. The van der Waals surface area contributed by atoms with Crippen LogP contribution < -0.4 is 0 Å². The van der Waals surface area contributed by atoms with E-state index in [1.54, 1.807) is 0 Å². The Morgan fingerprint density at radius 1 is 1.58 bits per heavy atom. The monoisotopic (exact) mass is 290 g/mol. The number of hydrogen-bond donors (Lipinski definition) is 0. The van der Waals surface area contributed by atoms with Crippen molar-refractivity contribution >= 4 is 21.5 Å². The predicted octanol–water partition coefficient (Wildman–Crippen LogP) is 2.35. The first-order chi connectivity index (χ1) is 8.77. The van der Waals surface area contributed by atoms with Gasteiger partial charge in [0, 0.05) is 12.3 Å². The Hall–Kier alpha value is -2.03. The van der Waals surface area contributed by atoms with Gasteiger partial charge in [-0.05, 0) is 13.0 Å². The number of carbonyl (C=O) groups is 1. The van der Waals surface area contributed by atoms with Crippen LogP contribution in [-0.2, 0) is 14.5 Å². The maximum absolute atomic E-state index is 13.6. The van der Waals surface area contributed by atoms with E-state index in [4.69, 9.17) is 0 Å². The number of benzene rings is 1. The van der Waals surface area contributed by atoms with Gasteiger partial charge in [-0.1, -0.05) is 0 Å². The highest BCUT2D eigenvalue weighted by atomic mass is 32.2. The maximum Gasteiger partial charge on any atom is 0.442 e. The normalized spacial score (nSPS) is 13.4. The Balaban J connectivity index is 3.26. The summed E-state index contributed by atoms with van der Waals surface area (Å²) in [5, 5.41) is 10.4. The van der Waals surface area contributed by atoms with Gasteiger partial charge in [-0.25, -0.2) is 13.4 Å². The summed E-state index contributed by atoms with van der Waals surface area (Å²) >= 11 is 0. The molecule has 0 N–H and O–H groups in total. The summed E-state index contributed by atoms with van der Waals surface area (Å²) in [6.45, 7) is 1.58. The molecule has 0 radical (unpaired) electrons. The van der Waals surface area contributed by atoms with E-state index < -0.39 is 32.3 Å². The molecule has 104 valence electrons. The van der Waals surface area contributed by atoms with Gasteiger partial charge in [0.05, 0.1) is 32.2 Å². The maximum atomic E-state index is 13.6. The van der Waals surface area contributed by atoms with Crippen LogP contribution in [0.5, 0.6) is 0 Å². The topological polar surface area (TPSA) is 98.9 Å². The number of halogens is 1. The standard InChI is InChI=1S/C10H11FN2O5S/c1-3-18-10(14)12-19(2,17)9-5-4-7(13(15)16)6-8(9)11/h4-6H,3H2,1-2H3. The number of nitro groups is 1. The van der Waals surface area contributed by atoms with E-state index in [0.29, 0.717) is 6.07 Å². The van der Waals surface area contributed by atoms with Crippen LogP contribution in [0.25, 0.3) is 0 Å². The highest BCUT2D eigenvalue weighted by molar-refractivity contribution is 7.93. The minimum atomic E-state index is -3.35. The molecule has 7 nitrogen and oxygen atoms in total. The third-order valence-electron chi connectivity index (χ3n) is 2.05. The fraction of sp³-hybridized carbons (Fsp3) is 0.300. The van der Waals surface area contributed by atoms with Gasteiger partial charge in [-0.2, -0.15) is 0 Å². The Morgan fingerprint density at radius 3 is 2.68 bits per heavy atom. The fourth-order valence-corrected chi connectivity index (χ4v) is 2.43. The van der Waals surface area contributed by atoms with Crippen LogP contribution in [0.2, 0.25) is 0 Å². The van der Waals surface area contributed by atoms with Crippen molar-refractivity contribution in [2.45, 2.75) is 11.8 Å². The molecule has 1 aromatic carbocycles. The summed E-state index contributed by atoms with van der Waals surface area (Å²) in [7, 11) is -3.35. The van der Waals surface area contributed by atoms with Gasteiger partial charge >= 0.3 is 6.09 Å². The van der Waals surface area contributed by atoms with Crippen molar-refractivity contribution in [1.29, 1.82) is 0 Å². The first-order valence-electron chi connectivity index (χ1n) is 5.11. The van der Waals surface area contributed by atoms with Crippen molar-refractivity contribution in [3.8, 4) is 0 Å². The van der Waals surface area contributed by atoms with Gasteiger partial charge in [-0.3, -0.25) is 10.1 Å². The van der Waals surface area contributed by atoms with Crippen molar-refractivity contribution in [3.05, 3.63) is 34.1 Å². The SMILES string of the molecule is CCOC(=O)N=S(C)(=O)c1ccc([N+](=O)[O-])cc1F. The van der Waals surface area contributed by atoms with Crippen molar-refractivity contribution in [3.63, 3.8) is 0 Å². The number of amides is 1. The van der Waals surface area contributed by atoms with E-state index in [0.717, 1.165) is 18.4 Å². The average Bonchev–Trinajstić information content (AvgIpc) is 2.27. The Labute approximate surface area is 108 Å². The molecule has 9 heteroatoms. The van der Waals surface area contributed by atoms with Gasteiger partial charge in [0.2, 0.25) is 0 Å². The smallest absolute Gasteiger partial charge is 0.442 e. The molecule has 0 heterocycles. The van der Waals surface area contributed by atoms with Crippen LogP contribution in [-0.4, -0.2) is 28.1 Å². The minimum Gasteiger partial charge on any atom is -0.448 e. The third kappa shape index (κ3) is 3.71. The molecule has 0 aliphatic carbocycles. The van der Waals surface area contributed by atoms with E-state index in [1.165, 1.54) is 6.92 Å². The lowest BCUT2D eigenvalue weighted by atomic mass is 10.3. The van der Waals surface area contributed by atoms with Gasteiger partial charge < -0.3 is 4.74 Å². The summed E-state index contributed by atoms with van der Waals surface area (Å²) in [4.78, 5) is 20.4. The van der Waals surface area contributed by atoms with Gasteiger partial charge in [0.25, 0.3) is 5.69 Å². The first-order valence-corrected chi connectivity index (χ1v) is 7.03. The Bertz CT molecular complexity index is 637. The Kier molecular flexibility index (Phi) is 4.54. The van der Waals surface area contributed by atoms with Crippen LogP contribution in [0.3, 0.4) is 0 Å². The van der Waals surface area contributed by atoms with Crippen molar-refractivity contribution < 1.29 is 23.1 Å². The number of nitrogens with zero attached hydrogens (tertiary/aromatic N) is 2. The molecule has 1 amide bonds. The molecule has 1 unspecified atom stereocenters. The molecule has 0 spiro atoms. The quantitative estimate of drug-likeness (QED) is 0.628. The number of ether oxygens (including phenoxy) is 1. The zero-order valence-corrected chi connectivity index (χ0v) is 11.0. The molecular weight excluding hydrogens is 279 g/mol. The molecule has 0 saturated heterocycles. The molecule has 19 heavy (non-hydrogen) atoms. The van der Waals surface area contributed by atoms with E-state index in [2.05, 4.69) is 9.10 Å². The van der Waals surface area contributed by atoms with Gasteiger partial charge in [-0.15, -0.1) is 4.36 Å². The fourth-order valence-electron chi connectivity index (χ4n) is 1.25. The molecular formula is C10H11FN2O5S. The van der Waals surface area contributed by atoms with Crippen LogP contribution in [0.15, 0.2) is 27.5 Å². The van der Waals surface area contributed by atoms with Crippen LogP contribution in [0.4, 0.5) is 14.9 Å². The summed E-state index contributed by atoms with van der Waals surface area (Å²) in [6, 6.07) is 2.58. The predicted molar refractivity (Wildman–Crippen MR) is 64.8 cm³/mol. The molecule has 0 aliphatic rings. The van der Waals surface area contributed by atoms with E-state index >= 15 is 0 Å². The largest absolute Gasteiger partial charge is 0.448 e. The molecule has 0 bridgehead atoms. The summed E-state index contributed by atoms with van der Waals surface area (Å²) < 4.78 is 33.5. The second-order valence-corrected chi connectivity index (χ2v) is 5.69. The van der Waals surface area contributed by atoms with Gasteiger partial charge in [0.1, 0.15) is 5.82 Å². The molecule has 0 saturated carbocycles. The molecule has 1 atom stereocenters. The van der Waals surface area contributed by atoms with E-state index in [9.17, 15) is 23.5 Å². The second kappa shape index (κ2) is 5.74. The van der Waals surface area contributed by atoms with Crippen molar-refractivity contribution in [2.75, 3.05) is 12.9 Å². The van der Waals surface area contributed by atoms with Crippen LogP contribution in [0.1, 0.15) is 6.92 Å². The molecule has 0 fully saturated rings. The van der Waals surface area contributed by atoms with E-state index in [1.807, 2.05) is 0 Å². The number of carbonyl (C=O) groups excluding carboxylic acids is 1. The number of rotatable bonds is 3. The number of nitro benzene ring substituents is 1. The summed E-state index contributed by atoms with van der Waals surface area (Å²) in [5.74, 6) is -1.06. The first kappa shape index (κ1) is 15.0. The minimum absolute atomic E-state index is 0.0423. The van der Waals surface area contributed by atoms with E-state index in [-0.39, 0.29) is 11.5 Å². The lowest BCUT2D eigenvalue weighted by molar-refractivity contribution is -0.385. The molecule has 1 aromatic rings. The second-order valence-electron chi connectivity index (χ2n) is 3.46. The Morgan fingerprint density at radius 2 is 2.21 bits per heavy atom. The van der Waals surface area contributed by atoms with Crippen LogP contribution >= 0.6 is 0 Å². The van der Waals surface area contributed by atoms with Crippen molar-refractivity contribution in [1.82, 2.24) is 0 Å². The third-order valence-corrected chi connectivity index (χ3v) is 3.70. The summed E-state index contributed by atoms with van der Waals surface area (Å²) in [6.07, 6.45) is -0.0264. The molecule has 0 aromatic heterocycles. The lowest BCUT2D eigenvalue weighted by Gasteiger charge is -2.05.